The fourth-order valence-electron chi connectivity index (χ4n) is 2.20. The molecule has 7 heteroatoms. The third kappa shape index (κ3) is 9.67. The Morgan fingerprint density at radius 2 is 1.78 bits per heavy atom. The van der Waals surface area contributed by atoms with Crippen LogP contribution in [0.5, 0.6) is 0 Å². The van der Waals surface area contributed by atoms with Crippen LogP contribution in [0.4, 0.5) is 0 Å². The van der Waals surface area contributed by atoms with Crippen LogP contribution in [-0.2, 0) is 9.59 Å². The van der Waals surface area contributed by atoms with Gasteiger partial charge in [-0.15, -0.1) is 0 Å². The molecule has 1 aromatic heterocycles. The zero-order valence-corrected chi connectivity index (χ0v) is 15.8. The average molecular weight is 441 g/mol. The number of hydrogen-bond acceptors (Lipinski definition) is 4. The molecular weight excluding hydrogens is 412 g/mol. The van der Waals surface area contributed by atoms with E-state index >= 15 is 0 Å². The largest absolute Gasteiger partial charge is 0.478 e. The van der Waals surface area contributed by atoms with E-state index in [1.165, 1.54) is 0 Å². The van der Waals surface area contributed by atoms with Crippen molar-refractivity contribution < 1.29 is 28.0 Å². The number of aromatic nitrogens is 1. The van der Waals surface area contributed by atoms with Crippen molar-refractivity contribution in [2.45, 2.75) is 12.3 Å². The molecule has 1 atom stereocenters. The van der Waals surface area contributed by atoms with Crippen molar-refractivity contribution in [3.8, 4) is 0 Å². The van der Waals surface area contributed by atoms with Gasteiger partial charge in [0.2, 0.25) is 0 Å². The van der Waals surface area contributed by atoms with Gasteiger partial charge in [-0.1, -0.05) is 34.1 Å². The summed E-state index contributed by atoms with van der Waals surface area (Å²) in [4.78, 5) is 23.8. The molecule has 2 N–H and O–H groups in total. The Balaban J connectivity index is 0.000000582. The molecule has 1 aromatic carbocycles. The maximum absolute atomic E-state index is 9.55. The van der Waals surface area contributed by atoms with Crippen molar-refractivity contribution in [3.63, 3.8) is 0 Å². The van der Waals surface area contributed by atoms with Crippen molar-refractivity contribution in [1.29, 1.82) is 0 Å². The lowest BCUT2D eigenvalue weighted by molar-refractivity contribution is -0.134. The maximum atomic E-state index is 9.55. The average Bonchev–Trinajstić information content (AvgIpc) is 2.70. The van der Waals surface area contributed by atoms with Crippen LogP contribution in [0, 0.1) is 0 Å². The molecule has 0 amide bonds. The molecule has 0 radical (unpaired) electrons. The van der Waals surface area contributed by atoms with E-state index in [9.17, 15) is 9.59 Å². The Hall–Kier alpha value is -2.51. The fraction of sp³-hybridized carbons (Fsp3) is 0.250. The van der Waals surface area contributed by atoms with E-state index in [0.717, 1.165) is 15.6 Å². The molecule has 0 bridgehead atoms. The third-order valence-corrected chi connectivity index (χ3v) is 3.90. The van der Waals surface area contributed by atoms with Gasteiger partial charge in [0, 0.05) is 43.2 Å². The first-order chi connectivity index (χ1) is 15.2. The van der Waals surface area contributed by atoms with Crippen LogP contribution in [0.25, 0.3) is 0 Å². The highest BCUT2D eigenvalue weighted by Gasteiger charge is 2.14. The zero-order valence-electron chi connectivity index (χ0n) is 20.2. The van der Waals surface area contributed by atoms with Crippen molar-refractivity contribution in [3.05, 3.63) is 76.5 Å². The van der Waals surface area contributed by atoms with E-state index in [1.54, 1.807) is 12.4 Å². The highest BCUT2D eigenvalue weighted by molar-refractivity contribution is 9.10. The number of pyridine rings is 1. The Morgan fingerprint density at radius 1 is 1.15 bits per heavy atom. The number of rotatable bonds is 7. The Bertz CT molecular complexity index is 904. The van der Waals surface area contributed by atoms with Crippen LogP contribution in [0.2, 0.25) is 0 Å². The summed E-state index contributed by atoms with van der Waals surface area (Å²) < 4.78 is 46.0. The first-order valence-corrected chi connectivity index (χ1v) is 8.58. The maximum Gasteiger partial charge on any atom is 0.328 e. The summed E-state index contributed by atoms with van der Waals surface area (Å²) in [6.45, 7) is -5.43. The molecular formula is C20H23BrN2O4. The van der Waals surface area contributed by atoms with Crippen molar-refractivity contribution in [2.75, 3.05) is 20.5 Å². The predicted octanol–water partition coefficient (Wildman–Crippen LogP) is 3.64. The minimum atomic E-state index is -2.68. The second kappa shape index (κ2) is 12.0. The summed E-state index contributed by atoms with van der Waals surface area (Å²) in [5.74, 6) is -2.66. The van der Waals surface area contributed by atoms with E-state index in [0.29, 0.717) is 23.5 Å². The number of hydrogen-bond donors (Lipinski definition) is 2. The standard InChI is InChI=1S/C16H19BrN2.C4H4O4/c1-19(2)11-9-16(14-4-3-10-18-12-14)13-5-7-15(17)8-6-13;5-3(6)1-2-4(7)8/h3-8,10,12,16H,9,11H2,1-2H3;1-2H,(H,5,6)(H,7,8)/b;2-1-/t16-;/m0./s1/i1D3,2D3;. The molecule has 6 nitrogen and oxygen atoms in total. The highest BCUT2D eigenvalue weighted by atomic mass is 79.9. The Kier molecular flexibility index (Phi) is 6.45. The van der Waals surface area contributed by atoms with Gasteiger partial charge in [-0.2, -0.15) is 0 Å². The first-order valence-electron chi connectivity index (χ1n) is 10.8. The molecule has 2 aromatic rings. The summed E-state index contributed by atoms with van der Waals surface area (Å²) in [6.07, 6.45) is 4.86. The van der Waals surface area contributed by atoms with Crippen LogP contribution in [-0.4, -0.2) is 52.5 Å². The number of aliphatic carboxylic acids is 2. The molecule has 0 fully saturated rings. The second-order valence-electron chi connectivity index (χ2n) is 5.34. The number of carbonyl (C=O) groups is 2. The van der Waals surface area contributed by atoms with Gasteiger partial charge < -0.3 is 15.1 Å². The summed E-state index contributed by atoms with van der Waals surface area (Å²) >= 11 is 3.40. The monoisotopic (exact) mass is 440 g/mol. The minimum Gasteiger partial charge on any atom is -0.478 e. The summed E-state index contributed by atoms with van der Waals surface area (Å²) in [5.41, 5.74) is 1.90. The lowest BCUT2D eigenvalue weighted by Crippen LogP contribution is -2.16. The highest BCUT2D eigenvalue weighted by Crippen LogP contribution is 2.28. The third-order valence-electron chi connectivity index (χ3n) is 3.37. The van der Waals surface area contributed by atoms with Gasteiger partial charge in [0.1, 0.15) is 0 Å². The number of carboxylic acid groups (broad SMARTS) is 2. The van der Waals surface area contributed by atoms with Crippen LogP contribution in [0.15, 0.2) is 65.4 Å². The van der Waals surface area contributed by atoms with Gasteiger partial charge in [-0.25, -0.2) is 9.59 Å². The topological polar surface area (TPSA) is 90.7 Å². The second-order valence-corrected chi connectivity index (χ2v) is 6.26. The van der Waals surface area contributed by atoms with Crippen LogP contribution in [0.1, 0.15) is 31.7 Å². The SMILES string of the molecule is O=C(O)/C=C\C(=O)O.[2H]C([2H])([2H])N(CC[C@@H](c1ccc(Br)cc1)c1cccnc1)C([2H])([2H])[2H]. The summed E-state index contributed by atoms with van der Waals surface area (Å²) in [5, 5.41) is 15.6. The fourth-order valence-corrected chi connectivity index (χ4v) is 2.47. The van der Waals surface area contributed by atoms with Gasteiger partial charge in [0.25, 0.3) is 0 Å². The molecule has 0 aliphatic heterocycles. The molecule has 1 heterocycles. The van der Waals surface area contributed by atoms with Crippen molar-refractivity contribution in [2.24, 2.45) is 0 Å². The zero-order chi connectivity index (χ0) is 25.2. The molecule has 0 saturated carbocycles. The van der Waals surface area contributed by atoms with E-state index in [4.69, 9.17) is 18.4 Å². The lowest BCUT2D eigenvalue weighted by Gasteiger charge is -2.20. The van der Waals surface area contributed by atoms with E-state index in [-0.39, 0.29) is 12.5 Å². The van der Waals surface area contributed by atoms with Gasteiger partial charge in [-0.05, 0) is 56.2 Å². The molecule has 0 unspecified atom stereocenters. The normalized spacial score (nSPS) is 15.9. The molecule has 0 aliphatic rings. The van der Waals surface area contributed by atoms with Crippen LogP contribution < -0.4 is 0 Å². The van der Waals surface area contributed by atoms with Crippen molar-refractivity contribution >= 4 is 27.9 Å². The summed E-state index contributed by atoms with van der Waals surface area (Å²) in [7, 11) is 0. The van der Waals surface area contributed by atoms with Gasteiger partial charge in [-0.3, -0.25) is 4.98 Å². The van der Waals surface area contributed by atoms with E-state index in [2.05, 4.69) is 20.9 Å². The summed E-state index contributed by atoms with van der Waals surface area (Å²) in [6, 6.07) is 11.4. The number of carboxylic acids is 2. The number of nitrogens with zero attached hydrogens (tertiary/aromatic N) is 2. The molecule has 27 heavy (non-hydrogen) atoms. The quantitative estimate of drug-likeness (QED) is 0.638. The first kappa shape index (κ1) is 14.5. The molecule has 144 valence electrons. The smallest absolute Gasteiger partial charge is 0.328 e. The van der Waals surface area contributed by atoms with E-state index < -0.39 is 25.9 Å². The van der Waals surface area contributed by atoms with Gasteiger partial charge in [0.15, 0.2) is 0 Å². The van der Waals surface area contributed by atoms with Crippen molar-refractivity contribution in [1.82, 2.24) is 9.88 Å². The Morgan fingerprint density at radius 3 is 2.26 bits per heavy atom. The number of halogens is 1. The van der Waals surface area contributed by atoms with E-state index in [1.807, 2.05) is 36.4 Å². The Labute approximate surface area is 175 Å². The lowest BCUT2D eigenvalue weighted by atomic mass is 9.89. The molecule has 2 rings (SSSR count). The minimum absolute atomic E-state index is 0.0807. The van der Waals surface area contributed by atoms with Crippen LogP contribution in [0.3, 0.4) is 0 Å². The van der Waals surface area contributed by atoms with Gasteiger partial charge >= 0.3 is 11.9 Å². The molecule has 0 spiro atoms. The van der Waals surface area contributed by atoms with Gasteiger partial charge in [0.05, 0.1) is 0 Å². The number of benzene rings is 1. The molecule has 0 aliphatic carbocycles. The van der Waals surface area contributed by atoms with Crippen LogP contribution >= 0.6 is 15.9 Å². The predicted molar refractivity (Wildman–Crippen MR) is 108 cm³/mol. The molecule has 0 saturated heterocycles.